The fourth-order valence-corrected chi connectivity index (χ4v) is 2.37. The maximum absolute atomic E-state index is 5.82. The van der Waals surface area contributed by atoms with E-state index in [1.54, 1.807) is 0 Å². The number of anilines is 1. The van der Waals surface area contributed by atoms with Gasteiger partial charge < -0.3 is 15.4 Å². The number of ether oxygens (including phenoxy) is 1. The first-order valence-corrected chi connectivity index (χ1v) is 7.00. The van der Waals surface area contributed by atoms with Crippen molar-refractivity contribution in [3.63, 3.8) is 0 Å². The monoisotopic (exact) mass is 264 g/mol. The molecule has 0 radical (unpaired) electrons. The fraction of sp³-hybridized carbons (Fsp3) is 0.714. The summed E-state index contributed by atoms with van der Waals surface area (Å²) >= 11 is 0. The van der Waals surface area contributed by atoms with E-state index < -0.39 is 0 Å². The van der Waals surface area contributed by atoms with E-state index >= 15 is 0 Å². The maximum atomic E-state index is 5.82. The summed E-state index contributed by atoms with van der Waals surface area (Å²) in [6, 6.07) is 0. The van der Waals surface area contributed by atoms with Gasteiger partial charge in [0.05, 0.1) is 23.7 Å². The average Bonchev–Trinajstić information content (AvgIpc) is 2.90. The highest BCUT2D eigenvalue weighted by atomic mass is 16.5. The highest BCUT2D eigenvalue weighted by Crippen LogP contribution is 2.21. The van der Waals surface area contributed by atoms with Gasteiger partial charge in [-0.05, 0) is 12.8 Å². The van der Waals surface area contributed by atoms with Gasteiger partial charge in [-0.15, -0.1) is 0 Å². The van der Waals surface area contributed by atoms with Crippen LogP contribution in [-0.4, -0.2) is 36.3 Å². The quantitative estimate of drug-likeness (QED) is 0.876. The van der Waals surface area contributed by atoms with Gasteiger partial charge in [-0.2, -0.15) is 0 Å². The van der Waals surface area contributed by atoms with Gasteiger partial charge in [0.25, 0.3) is 0 Å². The second-order valence-electron chi connectivity index (χ2n) is 5.43. The smallest absolute Gasteiger partial charge is 0.131 e. The Morgan fingerprint density at radius 2 is 2.32 bits per heavy atom. The van der Waals surface area contributed by atoms with E-state index in [1.807, 2.05) is 6.20 Å². The molecule has 0 spiro atoms. The zero-order chi connectivity index (χ0) is 13.8. The number of likely N-dealkylation sites (N-methyl/N-ethyl adjacent to an activating group) is 1. The van der Waals surface area contributed by atoms with Crippen molar-refractivity contribution in [2.45, 2.75) is 45.3 Å². The minimum Gasteiger partial charge on any atom is -0.376 e. The van der Waals surface area contributed by atoms with Crippen LogP contribution in [-0.2, 0) is 11.3 Å². The molecule has 1 fully saturated rings. The van der Waals surface area contributed by atoms with Crippen molar-refractivity contribution in [2.24, 2.45) is 5.73 Å². The molecule has 1 saturated heterocycles. The zero-order valence-electron chi connectivity index (χ0n) is 12.1. The maximum Gasteiger partial charge on any atom is 0.131 e. The lowest BCUT2D eigenvalue weighted by Gasteiger charge is -2.24. The Kier molecular flexibility index (Phi) is 4.71. The van der Waals surface area contributed by atoms with Gasteiger partial charge in [0.2, 0.25) is 0 Å². The van der Waals surface area contributed by atoms with Crippen molar-refractivity contribution < 1.29 is 4.74 Å². The van der Waals surface area contributed by atoms with E-state index in [0.29, 0.717) is 18.6 Å². The Labute approximate surface area is 115 Å². The van der Waals surface area contributed by atoms with Crippen LogP contribution in [0.15, 0.2) is 6.20 Å². The fourth-order valence-electron chi connectivity index (χ4n) is 2.37. The summed E-state index contributed by atoms with van der Waals surface area (Å²) in [6.45, 7) is 6.37. The minimum absolute atomic E-state index is 0.320. The van der Waals surface area contributed by atoms with Crippen LogP contribution in [0.4, 0.5) is 5.69 Å². The van der Waals surface area contributed by atoms with Gasteiger partial charge in [0.15, 0.2) is 0 Å². The first-order chi connectivity index (χ1) is 9.11. The third-order valence-corrected chi connectivity index (χ3v) is 3.49. The van der Waals surface area contributed by atoms with E-state index in [-0.39, 0.29) is 0 Å². The van der Waals surface area contributed by atoms with Crippen LogP contribution in [0, 0.1) is 0 Å². The first-order valence-electron chi connectivity index (χ1n) is 7.00. The molecule has 1 aliphatic rings. The molecule has 5 heteroatoms. The van der Waals surface area contributed by atoms with E-state index in [0.717, 1.165) is 43.2 Å². The molecule has 2 N–H and O–H groups in total. The second-order valence-corrected chi connectivity index (χ2v) is 5.43. The van der Waals surface area contributed by atoms with Gasteiger partial charge in [0.1, 0.15) is 5.82 Å². The molecule has 2 heterocycles. The highest BCUT2D eigenvalue weighted by molar-refractivity contribution is 5.48. The van der Waals surface area contributed by atoms with Crippen LogP contribution < -0.4 is 10.6 Å². The summed E-state index contributed by atoms with van der Waals surface area (Å²) < 4.78 is 5.67. The van der Waals surface area contributed by atoms with Gasteiger partial charge >= 0.3 is 0 Å². The molecular weight excluding hydrogens is 240 g/mol. The van der Waals surface area contributed by atoms with Crippen molar-refractivity contribution in [3.05, 3.63) is 17.7 Å². The summed E-state index contributed by atoms with van der Waals surface area (Å²) in [5, 5.41) is 0. The molecule has 1 unspecified atom stereocenters. The molecule has 0 aliphatic carbocycles. The van der Waals surface area contributed by atoms with Gasteiger partial charge in [-0.1, -0.05) is 13.8 Å². The summed E-state index contributed by atoms with van der Waals surface area (Å²) in [5.41, 5.74) is 7.75. The molecule has 1 atom stereocenters. The van der Waals surface area contributed by atoms with Crippen molar-refractivity contribution in [2.75, 3.05) is 25.1 Å². The molecule has 0 bridgehead atoms. The van der Waals surface area contributed by atoms with Crippen LogP contribution in [0.2, 0.25) is 0 Å². The van der Waals surface area contributed by atoms with E-state index in [2.05, 4.69) is 35.8 Å². The Balaban J connectivity index is 2.13. The number of hydrogen-bond acceptors (Lipinski definition) is 5. The van der Waals surface area contributed by atoms with Crippen LogP contribution in [0.1, 0.15) is 44.1 Å². The summed E-state index contributed by atoms with van der Waals surface area (Å²) in [5.74, 6) is 1.18. The average molecular weight is 264 g/mol. The molecule has 0 amide bonds. The highest BCUT2D eigenvalue weighted by Gasteiger charge is 2.19. The van der Waals surface area contributed by atoms with Gasteiger partial charge in [0, 0.05) is 32.7 Å². The second kappa shape index (κ2) is 6.30. The van der Waals surface area contributed by atoms with E-state index in [4.69, 9.17) is 10.5 Å². The van der Waals surface area contributed by atoms with Crippen molar-refractivity contribution in [1.29, 1.82) is 0 Å². The largest absolute Gasteiger partial charge is 0.376 e. The molecule has 5 nitrogen and oxygen atoms in total. The molecular formula is C14H24N4O. The number of nitrogens with two attached hydrogens (primary N) is 1. The summed E-state index contributed by atoms with van der Waals surface area (Å²) in [7, 11) is 2.05. The number of hydrogen-bond donors (Lipinski definition) is 1. The first kappa shape index (κ1) is 14.2. The third kappa shape index (κ3) is 3.42. The lowest BCUT2D eigenvalue weighted by atomic mass is 10.2. The lowest BCUT2D eigenvalue weighted by molar-refractivity contribution is 0.116. The molecule has 0 saturated carbocycles. The third-order valence-electron chi connectivity index (χ3n) is 3.49. The molecule has 1 aromatic rings. The van der Waals surface area contributed by atoms with Crippen molar-refractivity contribution in [1.82, 2.24) is 9.97 Å². The Bertz CT molecular complexity index is 416. The Hall–Kier alpha value is -1.20. The molecule has 19 heavy (non-hydrogen) atoms. The number of nitrogens with zero attached hydrogens (tertiary/aromatic N) is 3. The lowest BCUT2D eigenvalue weighted by Crippen LogP contribution is -2.30. The van der Waals surface area contributed by atoms with Crippen molar-refractivity contribution >= 4 is 5.69 Å². The normalized spacial score (nSPS) is 19.1. The topological polar surface area (TPSA) is 64.3 Å². The van der Waals surface area contributed by atoms with Crippen LogP contribution in [0.25, 0.3) is 0 Å². The molecule has 0 aromatic carbocycles. The minimum atomic E-state index is 0.320. The number of aromatic nitrogens is 2. The van der Waals surface area contributed by atoms with E-state index in [1.165, 1.54) is 0 Å². The van der Waals surface area contributed by atoms with Gasteiger partial charge in [-0.25, -0.2) is 9.97 Å². The zero-order valence-corrected chi connectivity index (χ0v) is 12.1. The Morgan fingerprint density at radius 1 is 1.53 bits per heavy atom. The van der Waals surface area contributed by atoms with Crippen LogP contribution >= 0.6 is 0 Å². The molecule has 106 valence electrons. The summed E-state index contributed by atoms with van der Waals surface area (Å²) in [4.78, 5) is 11.2. The standard InChI is InChI=1S/C14H24N4O/c1-10(2)14-16-8-13(12(7-15)17-14)18(3)9-11-5-4-6-19-11/h8,10-11H,4-7,9,15H2,1-3H3. The Morgan fingerprint density at radius 3 is 2.89 bits per heavy atom. The number of rotatable bonds is 5. The predicted molar refractivity (Wildman–Crippen MR) is 76.3 cm³/mol. The van der Waals surface area contributed by atoms with E-state index in [9.17, 15) is 0 Å². The van der Waals surface area contributed by atoms with Crippen LogP contribution in [0.5, 0.6) is 0 Å². The summed E-state index contributed by atoms with van der Waals surface area (Å²) in [6.07, 6.45) is 4.50. The predicted octanol–water partition coefficient (Wildman–Crippen LogP) is 1.67. The molecule has 2 rings (SSSR count). The van der Waals surface area contributed by atoms with Crippen LogP contribution in [0.3, 0.4) is 0 Å². The van der Waals surface area contributed by atoms with Gasteiger partial charge in [-0.3, -0.25) is 0 Å². The van der Waals surface area contributed by atoms with Crippen molar-refractivity contribution in [3.8, 4) is 0 Å². The SMILES string of the molecule is CC(C)c1ncc(N(C)CC2CCCO2)c(CN)n1. The molecule has 1 aromatic heterocycles. The molecule has 1 aliphatic heterocycles.